The summed E-state index contributed by atoms with van der Waals surface area (Å²) in [6.07, 6.45) is 0.872. The molecule has 1 N–H and O–H groups in total. The number of aliphatic hydroxyl groups is 1. The highest BCUT2D eigenvalue weighted by Gasteiger charge is 2.46. The van der Waals surface area contributed by atoms with Gasteiger partial charge in [0.15, 0.2) is 11.5 Å². The molecule has 8 nitrogen and oxygen atoms in total. The molecule has 1 aliphatic rings. The third-order valence-corrected chi connectivity index (χ3v) is 6.98. The van der Waals surface area contributed by atoms with Crippen molar-refractivity contribution in [3.05, 3.63) is 94.6 Å². The van der Waals surface area contributed by atoms with E-state index in [-0.39, 0.29) is 11.3 Å². The normalized spacial score (nSPS) is 16.3. The summed E-state index contributed by atoms with van der Waals surface area (Å²) in [6, 6.07) is 19.6. The summed E-state index contributed by atoms with van der Waals surface area (Å²) in [6.45, 7) is 5.69. The number of ketones is 1. The van der Waals surface area contributed by atoms with Gasteiger partial charge in [-0.05, 0) is 74.5 Å². The maximum Gasteiger partial charge on any atom is 0.295 e. The Morgan fingerprint density at radius 3 is 2.34 bits per heavy atom. The number of carbonyl (C=O) groups excluding carboxylic acids is 2. The molecular formula is C33H38N2O6. The molecule has 1 heterocycles. The second-order valence-electron chi connectivity index (χ2n) is 10.3. The van der Waals surface area contributed by atoms with E-state index >= 15 is 0 Å². The minimum Gasteiger partial charge on any atom is -0.507 e. The number of nitrogens with zero attached hydrogens (tertiary/aromatic N) is 2. The van der Waals surface area contributed by atoms with Crippen molar-refractivity contribution in [2.75, 3.05) is 40.9 Å². The van der Waals surface area contributed by atoms with Gasteiger partial charge in [0.1, 0.15) is 18.1 Å². The fraction of sp³-hybridized carbons (Fsp3) is 0.333. The number of hydrogen-bond donors (Lipinski definition) is 1. The molecule has 1 fully saturated rings. The number of likely N-dealkylation sites (tertiary alicyclic amines) is 1. The molecule has 41 heavy (non-hydrogen) atoms. The molecular weight excluding hydrogens is 520 g/mol. The number of amides is 1. The molecule has 3 aromatic rings. The topological polar surface area (TPSA) is 88.5 Å². The first-order valence-corrected chi connectivity index (χ1v) is 13.8. The molecule has 3 aromatic carbocycles. The van der Waals surface area contributed by atoms with E-state index in [0.717, 1.165) is 17.5 Å². The Morgan fingerprint density at radius 1 is 0.951 bits per heavy atom. The van der Waals surface area contributed by atoms with E-state index in [1.807, 2.05) is 69.2 Å². The number of hydrogen-bond acceptors (Lipinski definition) is 7. The number of aryl methyl sites for hydroxylation is 1. The molecule has 0 saturated carbocycles. The molecule has 4 rings (SSSR count). The fourth-order valence-corrected chi connectivity index (χ4v) is 4.80. The van der Waals surface area contributed by atoms with Crippen molar-refractivity contribution in [3.63, 3.8) is 0 Å². The largest absolute Gasteiger partial charge is 0.507 e. The number of rotatable bonds is 12. The zero-order valence-electron chi connectivity index (χ0n) is 24.3. The maximum atomic E-state index is 13.4. The van der Waals surface area contributed by atoms with Gasteiger partial charge in [0.2, 0.25) is 0 Å². The van der Waals surface area contributed by atoms with Crippen LogP contribution in [0.25, 0.3) is 5.76 Å². The highest BCUT2D eigenvalue weighted by molar-refractivity contribution is 6.46. The van der Waals surface area contributed by atoms with Gasteiger partial charge in [0.25, 0.3) is 11.7 Å². The van der Waals surface area contributed by atoms with Crippen molar-refractivity contribution in [1.82, 2.24) is 9.80 Å². The molecule has 1 saturated heterocycles. The quantitative estimate of drug-likeness (QED) is 0.182. The lowest BCUT2D eigenvalue weighted by atomic mass is 9.94. The first-order valence-electron chi connectivity index (χ1n) is 13.8. The molecule has 1 unspecified atom stereocenters. The minimum absolute atomic E-state index is 0.0374. The van der Waals surface area contributed by atoms with E-state index in [1.165, 1.54) is 4.90 Å². The van der Waals surface area contributed by atoms with Gasteiger partial charge >= 0.3 is 0 Å². The van der Waals surface area contributed by atoms with Crippen molar-refractivity contribution in [2.24, 2.45) is 0 Å². The minimum atomic E-state index is -0.802. The first kappa shape index (κ1) is 29.7. The standard InChI is InChI=1S/C33H38N2O6/c1-6-18-40-26-14-13-25(19-22(26)2)31(36)29-30(35(17-16-34(3)4)33(38)32(29)37)24-12-15-27(28(20-24)39-5)41-21-23-10-8-7-9-11-23/h7-15,19-20,30,36H,6,16-18,21H2,1-5H3/b31-29+. The van der Waals surface area contributed by atoms with Crippen molar-refractivity contribution in [1.29, 1.82) is 0 Å². The van der Waals surface area contributed by atoms with Gasteiger partial charge in [-0.3, -0.25) is 9.59 Å². The summed E-state index contributed by atoms with van der Waals surface area (Å²) in [4.78, 5) is 30.2. The summed E-state index contributed by atoms with van der Waals surface area (Å²) in [5.74, 6) is 0.102. The highest BCUT2D eigenvalue weighted by atomic mass is 16.5. The zero-order chi connectivity index (χ0) is 29.5. The monoisotopic (exact) mass is 558 g/mol. The van der Waals surface area contributed by atoms with Crippen LogP contribution < -0.4 is 14.2 Å². The summed E-state index contributed by atoms with van der Waals surface area (Å²) < 4.78 is 17.4. The lowest BCUT2D eigenvalue weighted by Crippen LogP contribution is -2.35. The number of ether oxygens (including phenoxy) is 3. The fourth-order valence-electron chi connectivity index (χ4n) is 4.80. The summed E-state index contributed by atoms with van der Waals surface area (Å²) in [5.41, 5.74) is 2.94. The second kappa shape index (κ2) is 13.4. The van der Waals surface area contributed by atoms with Gasteiger partial charge in [-0.25, -0.2) is 0 Å². The molecule has 216 valence electrons. The molecule has 0 aliphatic carbocycles. The summed E-state index contributed by atoms with van der Waals surface area (Å²) >= 11 is 0. The van der Waals surface area contributed by atoms with Gasteiger partial charge in [-0.15, -0.1) is 0 Å². The van der Waals surface area contributed by atoms with Gasteiger partial charge in [-0.1, -0.05) is 43.3 Å². The number of benzene rings is 3. The van der Waals surface area contributed by atoms with Crippen LogP contribution in [0, 0.1) is 6.92 Å². The van der Waals surface area contributed by atoms with E-state index < -0.39 is 17.7 Å². The van der Waals surface area contributed by atoms with Gasteiger partial charge in [0, 0.05) is 18.7 Å². The third-order valence-electron chi connectivity index (χ3n) is 6.98. The van der Waals surface area contributed by atoms with Gasteiger partial charge in [-0.2, -0.15) is 0 Å². The highest BCUT2D eigenvalue weighted by Crippen LogP contribution is 2.42. The number of likely N-dealkylation sites (N-methyl/N-ethyl adjacent to an activating group) is 1. The number of Topliss-reactive ketones (excluding diaryl/α,β-unsaturated/α-hetero) is 1. The van der Waals surface area contributed by atoms with E-state index in [4.69, 9.17) is 14.2 Å². The van der Waals surface area contributed by atoms with Gasteiger partial charge in [0.05, 0.1) is 25.3 Å². The van der Waals surface area contributed by atoms with Crippen LogP contribution in [0.4, 0.5) is 0 Å². The van der Waals surface area contributed by atoms with Crippen molar-refractivity contribution >= 4 is 17.4 Å². The molecule has 1 amide bonds. The second-order valence-corrected chi connectivity index (χ2v) is 10.3. The van der Waals surface area contributed by atoms with Crippen LogP contribution in [-0.4, -0.2) is 67.5 Å². The van der Waals surface area contributed by atoms with Crippen LogP contribution in [0.3, 0.4) is 0 Å². The molecule has 0 aromatic heterocycles. The molecule has 1 atom stereocenters. The van der Waals surface area contributed by atoms with Crippen molar-refractivity contribution < 1.29 is 28.9 Å². The molecule has 0 spiro atoms. The van der Waals surface area contributed by atoms with Crippen LogP contribution in [0.15, 0.2) is 72.3 Å². The lowest BCUT2D eigenvalue weighted by molar-refractivity contribution is -0.140. The predicted octanol–water partition coefficient (Wildman–Crippen LogP) is 5.35. The average Bonchev–Trinajstić information content (AvgIpc) is 3.23. The Hall–Kier alpha value is -4.30. The van der Waals surface area contributed by atoms with E-state index in [9.17, 15) is 14.7 Å². The van der Waals surface area contributed by atoms with E-state index in [1.54, 1.807) is 37.4 Å². The number of aliphatic hydroxyl groups excluding tert-OH is 1. The van der Waals surface area contributed by atoms with Crippen molar-refractivity contribution in [3.8, 4) is 17.2 Å². The summed E-state index contributed by atoms with van der Waals surface area (Å²) in [5, 5.41) is 11.5. The molecule has 0 bridgehead atoms. The Kier molecular flexibility index (Phi) is 9.68. The Bertz CT molecular complexity index is 1420. The predicted molar refractivity (Wildman–Crippen MR) is 158 cm³/mol. The first-order chi connectivity index (χ1) is 19.7. The lowest BCUT2D eigenvalue weighted by Gasteiger charge is -2.27. The Balaban J connectivity index is 1.75. The van der Waals surface area contributed by atoms with Crippen LogP contribution in [-0.2, 0) is 16.2 Å². The van der Waals surface area contributed by atoms with Crippen LogP contribution in [0.1, 0.15) is 41.6 Å². The molecule has 0 radical (unpaired) electrons. The molecule has 1 aliphatic heterocycles. The molecule has 8 heteroatoms. The van der Waals surface area contributed by atoms with Crippen LogP contribution >= 0.6 is 0 Å². The van der Waals surface area contributed by atoms with Crippen LogP contribution in [0.5, 0.6) is 17.2 Å². The van der Waals surface area contributed by atoms with E-state index in [2.05, 4.69) is 0 Å². The average molecular weight is 559 g/mol. The van der Waals surface area contributed by atoms with Crippen molar-refractivity contribution in [2.45, 2.75) is 32.9 Å². The van der Waals surface area contributed by atoms with Gasteiger partial charge < -0.3 is 29.1 Å². The zero-order valence-corrected chi connectivity index (χ0v) is 24.3. The number of carbonyl (C=O) groups is 2. The Morgan fingerprint density at radius 2 is 1.68 bits per heavy atom. The third kappa shape index (κ3) is 6.72. The Labute approximate surface area is 241 Å². The maximum absolute atomic E-state index is 13.4. The van der Waals surface area contributed by atoms with Crippen LogP contribution in [0.2, 0.25) is 0 Å². The van der Waals surface area contributed by atoms with E-state index in [0.29, 0.717) is 54.7 Å². The summed E-state index contributed by atoms with van der Waals surface area (Å²) in [7, 11) is 5.35. The smallest absolute Gasteiger partial charge is 0.295 e. The number of methoxy groups -OCH3 is 1. The SMILES string of the molecule is CCCOc1ccc(/C(O)=C2\C(=O)C(=O)N(CCN(C)C)C2c2ccc(OCc3ccccc3)c(OC)c2)cc1C.